The van der Waals surface area contributed by atoms with Gasteiger partial charge >= 0.3 is 6.03 Å². The molecule has 19 heavy (non-hydrogen) atoms. The van der Waals surface area contributed by atoms with E-state index in [1.807, 2.05) is 5.32 Å². The number of primary amides is 1. The lowest BCUT2D eigenvalue weighted by Crippen LogP contribution is -2.38. The minimum atomic E-state index is -1.00. The Balaban J connectivity index is 2.93. The molecule has 0 unspecified atom stereocenters. The summed E-state index contributed by atoms with van der Waals surface area (Å²) < 4.78 is 5.12. The molecule has 0 saturated carbocycles. The van der Waals surface area contributed by atoms with Gasteiger partial charge in [0.25, 0.3) is 5.91 Å². The Bertz CT molecular complexity index is 546. The summed E-state index contributed by atoms with van der Waals surface area (Å²) in [7, 11) is 0. The van der Waals surface area contributed by atoms with Crippen LogP contribution in [0.15, 0.2) is 12.1 Å². The molecule has 0 saturated heterocycles. The van der Waals surface area contributed by atoms with Gasteiger partial charge in [0.1, 0.15) is 5.02 Å². The van der Waals surface area contributed by atoms with E-state index in [9.17, 15) is 14.4 Å². The van der Waals surface area contributed by atoms with Crippen molar-refractivity contribution in [2.45, 2.75) is 6.92 Å². The van der Waals surface area contributed by atoms with E-state index in [1.165, 1.54) is 19.1 Å². The second-order valence-corrected chi connectivity index (χ2v) is 4.28. The fourth-order valence-corrected chi connectivity index (χ4v) is 1.63. The Labute approximate surface area is 118 Å². The first-order valence-electron chi connectivity index (χ1n) is 5.04. The van der Waals surface area contributed by atoms with E-state index in [1.54, 1.807) is 0 Å². The Morgan fingerprint density at radius 1 is 1.32 bits per heavy atom. The van der Waals surface area contributed by atoms with Crippen LogP contribution in [0.25, 0.3) is 0 Å². The number of imide groups is 1. The van der Waals surface area contributed by atoms with E-state index in [4.69, 9.17) is 33.7 Å². The summed E-state index contributed by atoms with van der Waals surface area (Å²) in [6.07, 6.45) is 0. The van der Waals surface area contributed by atoms with Crippen molar-refractivity contribution in [1.82, 2.24) is 5.32 Å². The smallest absolute Gasteiger partial charge is 0.318 e. The lowest BCUT2D eigenvalue weighted by atomic mass is 10.1. The van der Waals surface area contributed by atoms with Gasteiger partial charge in [-0.3, -0.25) is 14.9 Å². The molecule has 0 aliphatic rings. The molecule has 0 aliphatic heterocycles. The molecule has 1 rings (SSSR count). The van der Waals surface area contributed by atoms with Crippen LogP contribution in [0.4, 0.5) is 4.79 Å². The highest BCUT2D eigenvalue weighted by atomic mass is 35.5. The van der Waals surface area contributed by atoms with E-state index in [2.05, 4.69) is 0 Å². The summed E-state index contributed by atoms with van der Waals surface area (Å²) in [6, 6.07) is 1.87. The number of ether oxygens (including phenoxy) is 1. The van der Waals surface area contributed by atoms with Gasteiger partial charge < -0.3 is 10.5 Å². The van der Waals surface area contributed by atoms with Crippen molar-refractivity contribution in [1.29, 1.82) is 0 Å². The molecule has 1 aromatic carbocycles. The molecule has 0 aliphatic carbocycles. The number of carbonyl (C=O) groups excluding carboxylic acids is 3. The predicted molar refractivity (Wildman–Crippen MR) is 69.7 cm³/mol. The summed E-state index contributed by atoms with van der Waals surface area (Å²) in [6.45, 7) is 0.791. The molecular formula is C11H10Cl2N2O4. The highest BCUT2D eigenvalue weighted by Crippen LogP contribution is 2.35. The molecule has 0 atom stereocenters. The summed E-state index contributed by atoms with van der Waals surface area (Å²) in [5.41, 5.74) is 4.95. The van der Waals surface area contributed by atoms with Gasteiger partial charge in [-0.25, -0.2) is 4.79 Å². The van der Waals surface area contributed by atoms with Crippen molar-refractivity contribution in [3.05, 3.63) is 27.7 Å². The van der Waals surface area contributed by atoms with Gasteiger partial charge in [-0.05, 0) is 19.1 Å². The van der Waals surface area contributed by atoms with Crippen molar-refractivity contribution in [2.75, 3.05) is 6.61 Å². The molecule has 8 heteroatoms. The molecule has 3 N–H and O–H groups in total. The maximum atomic E-state index is 11.4. The number of Topliss-reactive ketones (excluding diaryl/α,β-unsaturated/α-hetero) is 1. The number of ketones is 1. The average molecular weight is 305 g/mol. The first-order valence-corrected chi connectivity index (χ1v) is 5.79. The molecule has 0 bridgehead atoms. The lowest BCUT2D eigenvalue weighted by molar-refractivity contribution is -0.121. The third-order valence-corrected chi connectivity index (χ3v) is 2.83. The van der Waals surface area contributed by atoms with Crippen molar-refractivity contribution < 1.29 is 19.1 Å². The molecule has 0 fully saturated rings. The number of hydrogen-bond acceptors (Lipinski definition) is 4. The van der Waals surface area contributed by atoms with Crippen LogP contribution in [0.1, 0.15) is 17.3 Å². The fraction of sp³-hybridized carbons (Fsp3) is 0.182. The highest BCUT2D eigenvalue weighted by molar-refractivity contribution is 6.43. The van der Waals surface area contributed by atoms with Gasteiger partial charge in [-0.15, -0.1) is 0 Å². The van der Waals surface area contributed by atoms with Gasteiger partial charge in [-0.1, -0.05) is 23.2 Å². The molecule has 0 radical (unpaired) electrons. The summed E-state index contributed by atoms with van der Waals surface area (Å²) >= 11 is 11.7. The van der Waals surface area contributed by atoms with Gasteiger partial charge in [0.15, 0.2) is 18.1 Å². The normalized spacial score (nSPS) is 9.84. The van der Waals surface area contributed by atoms with Crippen LogP contribution in [-0.2, 0) is 4.79 Å². The van der Waals surface area contributed by atoms with Crippen molar-refractivity contribution >= 4 is 40.9 Å². The number of amides is 3. The molecule has 1 aromatic rings. The first-order chi connectivity index (χ1) is 8.82. The maximum Gasteiger partial charge on any atom is 0.318 e. The van der Waals surface area contributed by atoms with Crippen LogP contribution < -0.4 is 15.8 Å². The SMILES string of the molecule is CC(=O)c1ccc(Cl)c(Cl)c1OCC(=O)NC(N)=O. The minimum absolute atomic E-state index is 0.0127. The largest absolute Gasteiger partial charge is 0.481 e. The van der Waals surface area contributed by atoms with Crippen LogP contribution in [0.2, 0.25) is 10.0 Å². The van der Waals surface area contributed by atoms with Crippen LogP contribution >= 0.6 is 23.2 Å². The quantitative estimate of drug-likeness (QED) is 0.828. The third kappa shape index (κ3) is 4.11. The number of nitrogens with two attached hydrogens (primary N) is 1. The standard InChI is InChI=1S/C11H10Cl2N2O4/c1-5(16)6-2-3-7(12)9(13)10(6)19-4-8(17)15-11(14)18/h2-3H,4H2,1H3,(H3,14,15,17,18). The Morgan fingerprint density at radius 2 is 1.95 bits per heavy atom. The molecular weight excluding hydrogens is 295 g/mol. The fourth-order valence-electron chi connectivity index (χ4n) is 1.26. The first kappa shape index (κ1) is 15.3. The molecule has 0 heterocycles. The van der Waals surface area contributed by atoms with Crippen LogP contribution in [0, 0.1) is 0 Å². The van der Waals surface area contributed by atoms with Crippen molar-refractivity contribution in [2.24, 2.45) is 5.73 Å². The number of halogens is 2. The molecule has 6 nitrogen and oxygen atoms in total. The Kier molecular flexibility index (Phi) is 5.14. The maximum absolute atomic E-state index is 11.4. The monoisotopic (exact) mass is 304 g/mol. The zero-order valence-corrected chi connectivity index (χ0v) is 11.3. The zero-order valence-electron chi connectivity index (χ0n) is 9.83. The Morgan fingerprint density at radius 3 is 2.47 bits per heavy atom. The van der Waals surface area contributed by atoms with E-state index in [0.717, 1.165) is 0 Å². The number of hydrogen-bond donors (Lipinski definition) is 2. The van der Waals surface area contributed by atoms with Crippen molar-refractivity contribution in [3.63, 3.8) is 0 Å². The van der Waals surface area contributed by atoms with Gasteiger partial charge in [0, 0.05) is 0 Å². The molecule has 3 amide bonds. The van der Waals surface area contributed by atoms with E-state index in [0.29, 0.717) is 0 Å². The lowest BCUT2D eigenvalue weighted by Gasteiger charge is -2.12. The minimum Gasteiger partial charge on any atom is -0.481 e. The third-order valence-electron chi connectivity index (χ3n) is 2.04. The van der Waals surface area contributed by atoms with Gasteiger partial charge in [0.05, 0.1) is 10.6 Å². The molecule has 0 aromatic heterocycles. The van der Waals surface area contributed by atoms with Crippen LogP contribution in [-0.4, -0.2) is 24.3 Å². The second kappa shape index (κ2) is 6.40. The number of benzene rings is 1. The summed E-state index contributed by atoms with van der Waals surface area (Å²) in [5, 5.41) is 2.00. The number of carbonyl (C=O) groups is 3. The number of urea groups is 1. The summed E-state index contributed by atoms with van der Waals surface area (Å²) in [4.78, 5) is 33.1. The summed E-state index contributed by atoms with van der Waals surface area (Å²) in [5.74, 6) is -1.08. The van der Waals surface area contributed by atoms with E-state index < -0.39 is 18.5 Å². The predicted octanol–water partition coefficient (Wildman–Crippen LogP) is 1.77. The Hall–Kier alpha value is -1.79. The number of nitrogens with one attached hydrogen (secondary N) is 1. The topological polar surface area (TPSA) is 98.5 Å². The number of rotatable bonds is 4. The molecule has 0 spiro atoms. The second-order valence-electron chi connectivity index (χ2n) is 3.50. The van der Waals surface area contributed by atoms with Crippen LogP contribution in [0.3, 0.4) is 0 Å². The zero-order chi connectivity index (χ0) is 14.6. The highest BCUT2D eigenvalue weighted by Gasteiger charge is 2.17. The van der Waals surface area contributed by atoms with Crippen LogP contribution in [0.5, 0.6) is 5.75 Å². The van der Waals surface area contributed by atoms with Gasteiger partial charge in [0.2, 0.25) is 0 Å². The van der Waals surface area contributed by atoms with E-state index >= 15 is 0 Å². The van der Waals surface area contributed by atoms with Crippen molar-refractivity contribution in [3.8, 4) is 5.75 Å². The average Bonchev–Trinajstić information content (AvgIpc) is 2.29. The van der Waals surface area contributed by atoms with E-state index in [-0.39, 0.29) is 27.1 Å². The molecule has 102 valence electrons. The van der Waals surface area contributed by atoms with Gasteiger partial charge in [-0.2, -0.15) is 0 Å².